The fraction of sp³-hybridized carbons (Fsp3) is 0.250. The first-order valence-electron chi connectivity index (χ1n) is 10.3. The third kappa shape index (κ3) is 3.68. The largest absolute Gasteiger partial charge is 0.383 e. The van der Waals surface area contributed by atoms with Gasteiger partial charge in [0.1, 0.15) is 5.82 Å². The number of rotatable bonds is 4. The highest BCUT2D eigenvalue weighted by atomic mass is 16.2. The van der Waals surface area contributed by atoms with E-state index in [4.69, 9.17) is 5.73 Å². The Morgan fingerprint density at radius 1 is 1.29 bits per heavy atom. The van der Waals surface area contributed by atoms with E-state index in [0.29, 0.717) is 36.1 Å². The van der Waals surface area contributed by atoms with Crippen LogP contribution in [-0.4, -0.2) is 21.7 Å². The normalized spacial score (nSPS) is 18.5. The molecule has 1 unspecified atom stereocenters. The van der Waals surface area contributed by atoms with Gasteiger partial charge in [-0.2, -0.15) is 5.26 Å². The van der Waals surface area contributed by atoms with E-state index < -0.39 is 11.8 Å². The van der Waals surface area contributed by atoms with E-state index in [0.717, 1.165) is 12.0 Å². The lowest BCUT2D eigenvalue weighted by Crippen LogP contribution is -2.48. The van der Waals surface area contributed by atoms with Gasteiger partial charge >= 0.3 is 0 Å². The standard InChI is InChI=1S/C24H23N5O2/c1-2-15-8-10-16(11-9-15)21-18(13-25)23(26)29(19-6-3-7-20(30)22(19)21)28-24(31)17-5-4-12-27-14-17/h4-5,8-12,14,21H,2-3,6-7,26H2,1H3,(H,28,31). The number of aromatic nitrogens is 1. The maximum Gasteiger partial charge on any atom is 0.271 e. The Bertz CT molecular complexity index is 1130. The van der Waals surface area contributed by atoms with E-state index in [1.807, 2.05) is 24.3 Å². The fourth-order valence-corrected chi connectivity index (χ4v) is 4.16. The van der Waals surface area contributed by atoms with Crippen molar-refractivity contribution in [3.05, 3.63) is 88.1 Å². The van der Waals surface area contributed by atoms with Crippen LogP contribution in [0.4, 0.5) is 0 Å². The third-order valence-electron chi connectivity index (χ3n) is 5.77. The minimum atomic E-state index is -0.537. The van der Waals surface area contributed by atoms with E-state index >= 15 is 0 Å². The summed E-state index contributed by atoms with van der Waals surface area (Å²) in [6, 6.07) is 13.4. The molecule has 4 rings (SSSR count). The van der Waals surface area contributed by atoms with Crippen LogP contribution in [0.2, 0.25) is 0 Å². The molecule has 1 atom stereocenters. The lowest BCUT2D eigenvalue weighted by Gasteiger charge is -2.39. The molecule has 156 valence electrons. The van der Waals surface area contributed by atoms with Crippen LogP contribution in [-0.2, 0) is 11.2 Å². The van der Waals surface area contributed by atoms with Crippen LogP contribution in [0.1, 0.15) is 53.6 Å². The number of carbonyl (C=O) groups excluding carboxylic acids is 2. The molecular formula is C24H23N5O2. The van der Waals surface area contributed by atoms with Crippen LogP contribution in [0.15, 0.2) is 71.5 Å². The third-order valence-corrected chi connectivity index (χ3v) is 5.77. The maximum absolute atomic E-state index is 13.0. The highest BCUT2D eigenvalue weighted by molar-refractivity contribution is 6.00. The van der Waals surface area contributed by atoms with Crippen molar-refractivity contribution in [3.8, 4) is 6.07 Å². The summed E-state index contributed by atoms with van der Waals surface area (Å²) in [4.78, 5) is 29.8. The van der Waals surface area contributed by atoms with Gasteiger partial charge in [0.15, 0.2) is 5.78 Å². The molecule has 1 aliphatic heterocycles. The van der Waals surface area contributed by atoms with Crippen LogP contribution in [0, 0.1) is 11.3 Å². The van der Waals surface area contributed by atoms with Gasteiger partial charge in [0, 0.05) is 30.1 Å². The number of nitrogens with zero attached hydrogens (tertiary/aromatic N) is 3. The zero-order chi connectivity index (χ0) is 22.0. The Morgan fingerprint density at radius 3 is 2.71 bits per heavy atom. The van der Waals surface area contributed by atoms with Gasteiger partial charge in [0.05, 0.1) is 23.1 Å². The van der Waals surface area contributed by atoms with Crippen LogP contribution in [0.5, 0.6) is 0 Å². The highest BCUT2D eigenvalue weighted by Gasteiger charge is 2.40. The van der Waals surface area contributed by atoms with Gasteiger partial charge in [0.2, 0.25) is 0 Å². The number of hydrogen-bond acceptors (Lipinski definition) is 6. The molecule has 7 heteroatoms. The fourth-order valence-electron chi connectivity index (χ4n) is 4.16. The van der Waals surface area contributed by atoms with E-state index in [9.17, 15) is 14.9 Å². The van der Waals surface area contributed by atoms with Gasteiger partial charge in [-0.1, -0.05) is 31.2 Å². The highest BCUT2D eigenvalue weighted by Crippen LogP contribution is 2.44. The Hall–Kier alpha value is -3.92. The van der Waals surface area contributed by atoms with Crippen LogP contribution in [0.3, 0.4) is 0 Å². The van der Waals surface area contributed by atoms with Gasteiger partial charge < -0.3 is 5.73 Å². The summed E-state index contributed by atoms with van der Waals surface area (Å²) >= 11 is 0. The molecular weight excluding hydrogens is 390 g/mol. The number of ketones is 1. The summed E-state index contributed by atoms with van der Waals surface area (Å²) in [5, 5.41) is 11.4. The summed E-state index contributed by atoms with van der Waals surface area (Å²) in [6.07, 6.45) is 5.57. The summed E-state index contributed by atoms with van der Waals surface area (Å²) in [6.45, 7) is 2.07. The Morgan fingerprint density at radius 2 is 2.06 bits per heavy atom. The number of benzene rings is 1. The molecule has 1 aromatic heterocycles. The van der Waals surface area contributed by atoms with Crippen molar-refractivity contribution in [1.82, 2.24) is 15.4 Å². The molecule has 1 aromatic carbocycles. The molecule has 0 saturated heterocycles. The van der Waals surface area contributed by atoms with E-state index in [1.165, 1.54) is 16.8 Å². The second kappa shape index (κ2) is 8.44. The van der Waals surface area contributed by atoms with Crippen LogP contribution in [0.25, 0.3) is 0 Å². The van der Waals surface area contributed by atoms with E-state index in [1.54, 1.807) is 18.3 Å². The van der Waals surface area contributed by atoms with Gasteiger partial charge in [-0.25, -0.2) is 5.01 Å². The van der Waals surface area contributed by atoms with Crippen molar-refractivity contribution in [1.29, 1.82) is 5.26 Å². The minimum Gasteiger partial charge on any atom is -0.383 e. The summed E-state index contributed by atoms with van der Waals surface area (Å²) in [5.41, 5.74) is 13.0. The molecule has 31 heavy (non-hydrogen) atoms. The number of carbonyl (C=O) groups is 2. The van der Waals surface area contributed by atoms with Gasteiger partial charge in [0.25, 0.3) is 5.91 Å². The van der Waals surface area contributed by atoms with Crippen molar-refractivity contribution in [2.45, 2.75) is 38.5 Å². The first-order chi connectivity index (χ1) is 15.0. The van der Waals surface area contributed by atoms with Crippen molar-refractivity contribution in [2.24, 2.45) is 5.73 Å². The number of hydrogen-bond donors (Lipinski definition) is 2. The average molecular weight is 413 g/mol. The predicted octanol–water partition coefficient (Wildman–Crippen LogP) is 3.09. The number of nitriles is 1. The molecule has 1 amide bonds. The molecule has 0 bridgehead atoms. The first-order valence-corrected chi connectivity index (χ1v) is 10.3. The topological polar surface area (TPSA) is 112 Å². The molecule has 2 aliphatic rings. The number of pyridine rings is 1. The number of nitrogens with one attached hydrogen (secondary N) is 1. The maximum atomic E-state index is 13.0. The molecule has 0 fully saturated rings. The second-order valence-corrected chi connectivity index (χ2v) is 7.59. The number of Topliss-reactive ketones (excluding diaryl/α,β-unsaturated/α-hetero) is 1. The summed E-state index contributed by atoms with van der Waals surface area (Å²) < 4.78 is 0. The molecule has 2 heterocycles. The number of hydrazine groups is 1. The van der Waals surface area contributed by atoms with E-state index in [-0.39, 0.29) is 17.2 Å². The summed E-state index contributed by atoms with van der Waals surface area (Å²) in [7, 11) is 0. The number of aryl methyl sites for hydroxylation is 1. The van der Waals surface area contributed by atoms with Gasteiger partial charge in [-0.05, 0) is 42.5 Å². The first kappa shape index (κ1) is 20.4. The number of nitrogens with two attached hydrogens (primary N) is 1. The molecule has 0 saturated carbocycles. The lowest BCUT2D eigenvalue weighted by atomic mass is 9.76. The quantitative estimate of drug-likeness (QED) is 0.797. The minimum absolute atomic E-state index is 0.0216. The molecule has 2 aromatic rings. The van der Waals surface area contributed by atoms with Gasteiger partial charge in [-0.3, -0.25) is 20.0 Å². The van der Waals surface area contributed by atoms with Crippen molar-refractivity contribution < 1.29 is 9.59 Å². The SMILES string of the molecule is CCc1ccc(C2C(C#N)=C(N)N(NC(=O)c3cccnc3)C3=C2C(=O)CCC3)cc1. The van der Waals surface area contributed by atoms with Crippen molar-refractivity contribution in [2.75, 3.05) is 0 Å². The monoisotopic (exact) mass is 413 g/mol. The molecule has 7 nitrogen and oxygen atoms in total. The van der Waals surface area contributed by atoms with Gasteiger partial charge in [-0.15, -0.1) is 0 Å². The smallest absolute Gasteiger partial charge is 0.271 e. The lowest BCUT2D eigenvalue weighted by molar-refractivity contribution is -0.116. The molecule has 0 spiro atoms. The average Bonchev–Trinajstić information content (AvgIpc) is 2.81. The molecule has 0 radical (unpaired) electrons. The van der Waals surface area contributed by atoms with Crippen molar-refractivity contribution >= 4 is 11.7 Å². The molecule has 1 aliphatic carbocycles. The molecule has 3 N–H and O–H groups in total. The predicted molar refractivity (Wildman–Crippen MR) is 115 cm³/mol. The van der Waals surface area contributed by atoms with Crippen LogP contribution < -0.4 is 11.2 Å². The second-order valence-electron chi connectivity index (χ2n) is 7.59. The number of amides is 1. The van der Waals surface area contributed by atoms with E-state index in [2.05, 4.69) is 23.4 Å². The summed E-state index contributed by atoms with van der Waals surface area (Å²) in [5.74, 6) is -0.835. The van der Waals surface area contributed by atoms with Crippen LogP contribution >= 0.6 is 0 Å². The Labute approximate surface area is 180 Å². The zero-order valence-electron chi connectivity index (χ0n) is 17.3. The zero-order valence-corrected chi connectivity index (χ0v) is 17.3. The number of allylic oxidation sites excluding steroid dienone is 3. The Kier molecular flexibility index (Phi) is 5.54. The van der Waals surface area contributed by atoms with Crippen molar-refractivity contribution in [3.63, 3.8) is 0 Å². The Balaban J connectivity index is 1.80.